The quantitative estimate of drug-likeness (QED) is 0.213. The number of nitro benzene ring substituents is 2. The molecule has 2 rings (SSSR count). The summed E-state index contributed by atoms with van der Waals surface area (Å²) in [6.07, 6.45) is -16.8. The molecule has 0 heterocycles. The summed E-state index contributed by atoms with van der Waals surface area (Å²) in [4.78, 5) is 19.1. The molecule has 186 valence electrons. The van der Waals surface area contributed by atoms with Gasteiger partial charge < -0.3 is 5.32 Å². The molecule has 2 aromatic carbocycles. The van der Waals surface area contributed by atoms with Gasteiger partial charge in [-0.3, -0.25) is 20.2 Å². The van der Waals surface area contributed by atoms with Crippen LogP contribution in [0.5, 0.6) is 0 Å². The number of non-ortho nitro benzene ring substituents is 1. The van der Waals surface area contributed by atoms with Crippen LogP contribution in [0.2, 0.25) is 10.0 Å². The Labute approximate surface area is 198 Å². The number of hydrogen-bond acceptors (Lipinski definition) is 5. The fourth-order valence-corrected chi connectivity index (χ4v) is 4.42. The first-order chi connectivity index (χ1) is 15.2. The minimum Gasteiger partial charge on any atom is -0.347 e. The van der Waals surface area contributed by atoms with Gasteiger partial charge in [0.2, 0.25) is 0 Å². The van der Waals surface area contributed by atoms with Crippen molar-refractivity contribution >= 4 is 61.9 Å². The van der Waals surface area contributed by atoms with Crippen molar-refractivity contribution in [3.63, 3.8) is 0 Å². The molecule has 0 radical (unpaired) electrons. The fraction of sp³-hybridized carbons (Fsp3) is 0.200. The molecular weight excluding hydrogens is 608 g/mol. The average Bonchev–Trinajstić information content (AvgIpc) is 2.61. The van der Waals surface area contributed by atoms with Crippen molar-refractivity contribution in [2.24, 2.45) is 0 Å². The van der Waals surface area contributed by atoms with E-state index in [9.17, 15) is 59.7 Å². The molecule has 0 aromatic heterocycles. The van der Waals surface area contributed by atoms with Gasteiger partial charge in [-0.25, -0.2) is 0 Å². The predicted octanol–water partition coefficient (Wildman–Crippen LogP) is 8.37. The number of nitrogens with zero attached hydrogens (tertiary/aromatic N) is 2. The second-order valence-corrected chi connectivity index (χ2v) is 7.64. The first-order valence-electron chi connectivity index (χ1n) is 7.85. The third-order valence-corrected chi connectivity index (χ3v) is 5.50. The molecule has 0 spiro atoms. The SMILES string of the molecule is O=[N+]([O-])c1cc([N+](=O)[O-])c(Nc2c(Cl)c(C(F)(F)F)c(Br)c(C(F)(F)F)c2Cl)c(C(F)(F)F)c1. The van der Waals surface area contributed by atoms with Gasteiger partial charge in [-0.05, 0) is 15.9 Å². The Hall–Kier alpha value is -2.53. The topological polar surface area (TPSA) is 98.3 Å². The van der Waals surface area contributed by atoms with Crippen LogP contribution in [0.25, 0.3) is 0 Å². The number of nitro groups is 2. The van der Waals surface area contributed by atoms with Gasteiger partial charge >= 0.3 is 18.5 Å². The van der Waals surface area contributed by atoms with E-state index in [1.165, 1.54) is 5.32 Å². The first-order valence-corrected chi connectivity index (χ1v) is 9.40. The van der Waals surface area contributed by atoms with Crippen molar-refractivity contribution < 1.29 is 49.4 Å². The molecule has 0 bridgehead atoms. The van der Waals surface area contributed by atoms with Gasteiger partial charge in [-0.15, -0.1) is 0 Å². The number of anilines is 2. The molecule has 0 unspecified atom stereocenters. The number of rotatable bonds is 4. The zero-order valence-electron chi connectivity index (χ0n) is 15.2. The van der Waals surface area contributed by atoms with Crippen LogP contribution in [0.4, 0.5) is 62.3 Å². The van der Waals surface area contributed by atoms with E-state index in [1.807, 2.05) is 0 Å². The van der Waals surface area contributed by atoms with Gasteiger partial charge in [0.15, 0.2) is 0 Å². The summed E-state index contributed by atoms with van der Waals surface area (Å²) in [5.74, 6) is 0. The Morgan fingerprint density at radius 3 is 1.53 bits per heavy atom. The van der Waals surface area contributed by atoms with Crippen LogP contribution in [0, 0.1) is 20.2 Å². The second kappa shape index (κ2) is 8.92. The lowest BCUT2D eigenvalue weighted by atomic mass is 10.1. The van der Waals surface area contributed by atoms with Crippen LogP contribution >= 0.6 is 39.1 Å². The summed E-state index contributed by atoms with van der Waals surface area (Å²) in [6.45, 7) is 0. The molecule has 34 heavy (non-hydrogen) atoms. The van der Waals surface area contributed by atoms with Crippen molar-refractivity contribution in [2.45, 2.75) is 18.5 Å². The maximum absolute atomic E-state index is 13.5. The van der Waals surface area contributed by atoms with Crippen molar-refractivity contribution in [3.8, 4) is 0 Å². The lowest BCUT2D eigenvalue weighted by molar-refractivity contribution is -0.394. The Kier molecular flexibility index (Phi) is 7.27. The zero-order valence-corrected chi connectivity index (χ0v) is 18.3. The van der Waals surface area contributed by atoms with E-state index in [4.69, 9.17) is 23.2 Å². The first kappa shape index (κ1) is 27.7. The third-order valence-electron chi connectivity index (χ3n) is 3.95. The van der Waals surface area contributed by atoms with Crippen LogP contribution in [-0.2, 0) is 18.5 Å². The van der Waals surface area contributed by atoms with E-state index in [-0.39, 0.29) is 12.1 Å². The minimum atomic E-state index is -5.61. The number of benzene rings is 2. The van der Waals surface area contributed by atoms with Gasteiger partial charge in [-0.2, -0.15) is 39.5 Å². The Balaban J connectivity index is 3.05. The molecule has 0 fully saturated rings. The molecule has 0 amide bonds. The highest BCUT2D eigenvalue weighted by Gasteiger charge is 2.46. The summed E-state index contributed by atoms with van der Waals surface area (Å²) >= 11 is 13.1. The molecular formula is C15H3BrCl2F9N3O4. The Morgan fingerprint density at radius 2 is 1.21 bits per heavy atom. The van der Waals surface area contributed by atoms with Crippen LogP contribution in [0.1, 0.15) is 16.7 Å². The number of alkyl halides is 9. The molecule has 7 nitrogen and oxygen atoms in total. The maximum atomic E-state index is 13.5. The van der Waals surface area contributed by atoms with Gasteiger partial charge in [0.25, 0.3) is 11.4 Å². The number of hydrogen-bond donors (Lipinski definition) is 1. The average molecular weight is 611 g/mol. The summed E-state index contributed by atoms with van der Waals surface area (Å²) in [7, 11) is 0. The van der Waals surface area contributed by atoms with Gasteiger partial charge in [0.1, 0.15) is 5.69 Å². The van der Waals surface area contributed by atoms with Gasteiger partial charge in [-0.1, -0.05) is 23.2 Å². The number of nitrogens with one attached hydrogen (secondary N) is 1. The lowest BCUT2D eigenvalue weighted by Crippen LogP contribution is -2.17. The van der Waals surface area contributed by atoms with Crippen molar-refractivity contribution in [2.75, 3.05) is 5.32 Å². The molecule has 0 saturated heterocycles. The van der Waals surface area contributed by atoms with Crippen LogP contribution < -0.4 is 5.32 Å². The molecule has 19 heteroatoms. The normalized spacial score (nSPS) is 12.6. The summed E-state index contributed by atoms with van der Waals surface area (Å²) < 4.78 is 119. The molecule has 0 atom stereocenters. The van der Waals surface area contributed by atoms with Gasteiger partial charge in [0, 0.05) is 10.5 Å². The van der Waals surface area contributed by atoms with Crippen LogP contribution in [0.15, 0.2) is 16.6 Å². The molecule has 0 aliphatic carbocycles. The highest BCUT2D eigenvalue weighted by Crippen LogP contribution is 2.54. The predicted molar refractivity (Wildman–Crippen MR) is 102 cm³/mol. The minimum absolute atomic E-state index is 0.00752. The van der Waals surface area contributed by atoms with Crippen molar-refractivity contribution in [1.29, 1.82) is 0 Å². The second-order valence-electron chi connectivity index (χ2n) is 6.09. The van der Waals surface area contributed by atoms with Crippen LogP contribution in [0.3, 0.4) is 0 Å². The third kappa shape index (κ3) is 5.25. The fourth-order valence-electron chi connectivity index (χ4n) is 2.61. The van der Waals surface area contributed by atoms with E-state index in [0.717, 1.165) is 0 Å². The molecule has 1 N–H and O–H groups in total. The summed E-state index contributed by atoms with van der Waals surface area (Å²) in [5.41, 5.74) is -13.1. The highest BCUT2D eigenvalue weighted by atomic mass is 79.9. The molecule has 2 aromatic rings. The molecule has 0 saturated carbocycles. The van der Waals surface area contributed by atoms with Gasteiger partial charge in [0.05, 0.1) is 48.3 Å². The zero-order chi connectivity index (χ0) is 26.5. The number of halogens is 12. The Morgan fingerprint density at radius 1 is 0.765 bits per heavy atom. The monoisotopic (exact) mass is 609 g/mol. The largest absolute Gasteiger partial charge is 0.419 e. The van der Waals surface area contributed by atoms with E-state index in [2.05, 4.69) is 15.9 Å². The molecule has 0 aliphatic heterocycles. The smallest absolute Gasteiger partial charge is 0.347 e. The van der Waals surface area contributed by atoms with Crippen molar-refractivity contribution in [1.82, 2.24) is 0 Å². The van der Waals surface area contributed by atoms with E-state index in [1.54, 1.807) is 0 Å². The summed E-state index contributed by atoms with van der Waals surface area (Å²) in [6, 6.07) is -0.209. The van der Waals surface area contributed by atoms with E-state index in [0.29, 0.717) is 0 Å². The lowest BCUT2D eigenvalue weighted by Gasteiger charge is -2.23. The van der Waals surface area contributed by atoms with Crippen LogP contribution in [-0.4, -0.2) is 9.85 Å². The Bertz CT molecular complexity index is 1160. The highest BCUT2D eigenvalue weighted by molar-refractivity contribution is 9.10. The summed E-state index contributed by atoms with van der Waals surface area (Å²) in [5, 5.41) is 20.2. The maximum Gasteiger partial charge on any atom is 0.419 e. The van der Waals surface area contributed by atoms with Crippen molar-refractivity contribution in [3.05, 3.63) is 63.6 Å². The van der Waals surface area contributed by atoms with E-state index < -0.39 is 82.3 Å². The molecule has 0 aliphatic rings. The standard InChI is InChI=1S/C15H3BrCl2F9N3O4/c16-8-6(14(22,23)24)9(17)12(10(18)7(8)15(25,26)27)28-11-4(13(19,20)21)1-3(29(31)32)2-5(11)30(33)34/h1-2,28H. The van der Waals surface area contributed by atoms with E-state index >= 15 is 0 Å².